The van der Waals surface area contributed by atoms with Crippen LogP contribution in [0.3, 0.4) is 0 Å². The lowest BCUT2D eigenvalue weighted by Crippen LogP contribution is -2.19. The van der Waals surface area contributed by atoms with Crippen molar-refractivity contribution in [3.63, 3.8) is 0 Å². The first-order valence-corrected chi connectivity index (χ1v) is 8.25. The third-order valence-corrected chi connectivity index (χ3v) is 4.40. The molecule has 27 heavy (non-hydrogen) atoms. The monoisotopic (exact) mass is 385 g/mol. The first-order chi connectivity index (χ1) is 12.8. The van der Waals surface area contributed by atoms with Gasteiger partial charge in [-0.1, -0.05) is 0 Å². The topological polar surface area (TPSA) is 142 Å². The molecule has 1 fully saturated rings. The van der Waals surface area contributed by atoms with Crippen LogP contribution in [0.15, 0.2) is 52.4 Å². The Morgan fingerprint density at radius 3 is 2.52 bits per heavy atom. The molecule has 1 heterocycles. The van der Waals surface area contributed by atoms with Crippen LogP contribution in [0, 0.1) is 10.1 Å². The Balaban J connectivity index is 1.80. The second-order valence-electron chi connectivity index (χ2n) is 5.34. The number of nitrogens with one attached hydrogen (secondary N) is 1. The maximum atomic E-state index is 12.0. The fourth-order valence-corrected chi connectivity index (χ4v) is 3.05. The van der Waals surface area contributed by atoms with Gasteiger partial charge in [0.1, 0.15) is 11.3 Å². The number of aromatic hydroxyl groups is 1. The molecular formula is C17H11N3O6S. The molecule has 0 atom stereocenters. The van der Waals surface area contributed by atoms with Crippen molar-refractivity contribution in [2.75, 3.05) is 0 Å². The van der Waals surface area contributed by atoms with E-state index in [2.05, 4.69) is 10.3 Å². The molecule has 0 aliphatic carbocycles. The van der Waals surface area contributed by atoms with Crippen LogP contribution in [0.25, 0.3) is 6.08 Å². The summed E-state index contributed by atoms with van der Waals surface area (Å²) in [6, 6.07) is 9.53. The number of hydrogen-bond acceptors (Lipinski definition) is 7. The minimum absolute atomic E-state index is 0.0486. The predicted molar refractivity (Wildman–Crippen MR) is 99.0 cm³/mol. The standard InChI is InChI=1S/C17H11N3O6S/c21-13-8-10(3-6-12(13)16(23)24)18-17-19-15(22)14(27-17)7-9-1-4-11(5-2-9)20(25)26/h1-8,21H,(H,23,24)(H,18,19,22)/b14-7-. The summed E-state index contributed by atoms with van der Waals surface area (Å²) in [6.07, 6.45) is 1.57. The van der Waals surface area contributed by atoms with E-state index in [1.807, 2.05) is 0 Å². The number of non-ortho nitro benzene ring substituents is 1. The molecule has 9 nitrogen and oxygen atoms in total. The second-order valence-corrected chi connectivity index (χ2v) is 6.37. The Bertz CT molecular complexity index is 1010. The Hall–Kier alpha value is -3.66. The lowest BCUT2D eigenvalue weighted by molar-refractivity contribution is -0.384. The van der Waals surface area contributed by atoms with Crippen LogP contribution >= 0.6 is 11.8 Å². The molecule has 3 N–H and O–H groups in total. The smallest absolute Gasteiger partial charge is 0.339 e. The summed E-state index contributed by atoms with van der Waals surface area (Å²) in [5, 5.41) is 32.1. The minimum atomic E-state index is -1.26. The fourth-order valence-electron chi connectivity index (χ4n) is 2.21. The number of rotatable bonds is 4. The average Bonchev–Trinajstić information content (AvgIpc) is 2.94. The molecule has 1 amide bonds. The number of aromatic carboxylic acids is 1. The van der Waals surface area contributed by atoms with E-state index >= 15 is 0 Å². The number of nitro benzene ring substituents is 1. The Labute approximate surface area is 156 Å². The number of carbonyl (C=O) groups excluding carboxylic acids is 1. The number of aliphatic imine (C=N–C) groups is 1. The van der Waals surface area contributed by atoms with Gasteiger partial charge in [0, 0.05) is 18.2 Å². The van der Waals surface area contributed by atoms with Gasteiger partial charge in [0.15, 0.2) is 5.17 Å². The predicted octanol–water partition coefficient (Wildman–Crippen LogP) is 2.89. The average molecular weight is 385 g/mol. The number of amidine groups is 1. The van der Waals surface area contributed by atoms with Crippen LogP contribution in [0.1, 0.15) is 15.9 Å². The molecule has 0 spiro atoms. The number of carboxylic acids is 1. The van der Waals surface area contributed by atoms with E-state index in [-0.39, 0.29) is 28.0 Å². The lowest BCUT2D eigenvalue weighted by Gasteiger charge is -2.01. The number of amides is 1. The summed E-state index contributed by atoms with van der Waals surface area (Å²) in [7, 11) is 0. The third kappa shape index (κ3) is 4.12. The van der Waals surface area contributed by atoms with E-state index in [9.17, 15) is 24.8 Å². The van der Waals surface area contributed by atoms with Crippen molar-refractivity contribution in [2.24, 2.45) is 4.99 Å². The number of nitro groups is 1. The van der Waals surface area contributed by atoms with E-state index in [1.165, 1.54) is 42.5 Å². The largest absolute Gasteiger partial charge is 0.507 e. The summed E-state index contributed by atoms with van der Waals surface area (Å²) in [4.78, 5) is 37.6. The normalized spacial score (nSPS) is 16.5. The molecule has 136 valence electrons. The number of hydrogen-bond donors (Lipinski definition) is 3. The summed E-state index contributed by atoms with van der Waals surface area (Å²) >= 11 is 1.05. The van der Waals surface area contributed by atoms with Crippen molar-refractivity contribution >= 4 is 46.3 Å². The second kappa shape index (κ2) is 7.30. The summed E-state index contributed by atoms with van der Waals surface area (Å²) in [6.45, 7) is 0. The van der Waals surface area contributed by atoms with Gasteiger partial charge in [0.05, 0.1) is 15.5 Å². The van der Waals surface area contributed by atoms with Gasteiger partial charge in [-0.25, -0.2) is 9.79 Å². The number of phenols is 1. The summed E-state index contributed by atoms with van der Waals surface area (Å²) in [5.74, 6) is -2.08. The molecule has 3 rings (SSSR count). The first-order valence-electron chi connectivity index (χ1n) is 7.44. The van der Waals surface area contributed by atoms with Gasteiger partial charge in [-0.3, -0.25) is 14.9 Å². The van der Waals surface area contributed by atoms with Crippen LogP contribution in [0.4, 0.5) is 11.4 Å². The zero-order valence-electron chi connectivity index (χ0n) is 13.4. The molecule has 2 aromatic rings. The van der Waals surface area contributed by atoms with Gasteiger partial charge in [-0.15, -0.1) is 0 Å². The van der Waals surface area contributed by atoms with E-state index in [0.717, 1.165) is 11.8 Å². The van der Waals surface area contributed by atoms with Crippen molar-refractivity contribution in [3.8, 4) is 5.75 Å². The zero-order valence-corrected chi connectivity index (χ0v) is 14.3. The molecule has 10 heteroatoms. The van der Waals surface area contributed by atoms with Crippen LogP contribution in [0.5, 0.6) is 5.75 Å². The van der Waals surface area contributed by atoms with Crippen molar-refractivity contribution in [2.45, 2.75) is 0 Å². The number of nitrogens with zero attached hydrogens (tertiary/aromatic N) is 2. The fraction of sp³-hybridized carbons (Fsp3) is 0. The lowest BCUT2D eigenvalue weighted by atomic mass is 10.2. The minimum Gasteiger partial charge on any atom is -0.507 e. The molecule has 2 aromatic carbocycles. The first kappa shape index (κ1) is 18.1. The van der Waals surface area contributed by atoms with E-state index < -0.39 is 16.6 Å². The SMILES string of the molecule is O=C1NC(=Nc2ccc(C(=O)O)c(O)c2)S/C1=C\c1ccc([N+](=O)[O-])cc1. The maximum Gasteiger partial charge on any atom is 0.339 e. The van der Waals surface area contributed by atoms with E-state index in [4.69, 9.17) is 5.11 Å². The molecule has 0 bridgehead atoms. The third-order valence-electron chi connectivity index (χ3n) is 3.49. The number of benzene rings is 2. The Kier molecular flexibility index (Phi) is 4.90. The van der Waals surface area contributed by atoms with Crippen LogP contribution < -0.4 is 5.32 Å². The Morgan fingerprint density at radius 2 is 1.93 bits per heavy atom. The van der Waals surface area contributed by atoms with E-state index in [1.54, 1.807) is 6.08 Å². The quantitative estimate of drug-likeness (QED) is 0.417. The van der Waals surface area contributed by atoms with Crippen molar-refractivity contribution in [3.05, 3.63) is 68.6 Å². The van der Waals surface area contributed by atoms with Crippen LogP contribution in [-0.2, 0) is 4.79 Å². The molecule has 0 unspecified atom stereocenters. The van der Waals surface area contributed by atoms with E-state index in [0.29, 0.717) is 10.5 Å². The summed E-state index contributed by atoms with van der Waals surface area (Å²) in [5.41, 5.74) is 0.591. The van der Waals surface area contributed by atoms with Crippen molar-refractivity contribution in [1.29, 1.82) is 0 Å². The molecular weight excluding hydrogens is 374 g/mol. The molecule has 0 saturated carbocycles. The van der Waals surface area contributed by atoms with Gasteiger partial charge >= 0.3 is 5.97 Å². The maximum absolute atomic E-state index is 12.0. The molecule has 0 radical (unpaired) electrons. The molecule has 1 aliphatic heterocycles. The summed E-state index contributed by atoms with van der Waals surface area (Å²) < 4.78 is 0. The van der Waals surface area contributed by atoms with Gasteiger partial charge < -0.3 is 15.5 Å². The highest BCUT2D eigenvalue weighted by atomic mass is 32.2. The van der Waals surface area contributed by atoms with Gasteiger partial charge in [0.2, 0.25) is 0 Å². The highest BCUT2D eigenvalue weighted by Gasteiger charge is 2.24. The van der Waals surface area contributed by atoms with Crippen LogP contribution in [0.2, 0.25) is 0 Å². The zero-order chi connectivity index (χ0) is 19.6. The number of carboxylic acid groups (broad SMARTS) is 1. The van der Waals surface area contributed by atoms with Crippen molar-refractivity contribution < 1.29 is 24.7 Å². The van der Waals surface area contributed by atoms with Gasteiger partial charge in [-0.05, 0) is 47.7 Å². The van der Waals surface area contributed by atoms with Crippen molar-refractivity contribution in [1.82, 2.24) is 5.32 Å². The highest BCUT2D eigenvalue weighted by molar-refractivity contribution is 8.18. The number of thioether (sulfide) groups is 1. The molecule has 1 saturated heterocycles. The Morgan fingerprint density at radius 1 is 1.22 bits per heavy atom. The van der Waals surface area contributed by atoms with Gasteiger partial charge in [-0.2, -0.15) is 0 Å². The molecule has 0 aromatic heterocycles. The van der Waals surface area contributed by atoms with Gasteiger partial charge in [0.25, 0.3) is 11.6 Å². The number of carbonyl (C=O) groups is 2. The van der Waals surface area contributed by atoms with Crippen LogP contribution in [-0.4, -0.2) is 32.2 Å². The molecule has 1 aliphatic rings. The highest BCUT2D eigenvalue weighted by Crippen LogP contribution is 2.30.